The molecule has 0 aliphatic carbocycles. The molecule has 0 aromatic heterocycles. The number of benzene rings is 1. The highest BCUT2D eigenvalue weighted by atomic mass is 32.2. The summed E-state index contributed by atoms with van der Waals surface area (Å²) < 4.78 is 22.2. The number of rotatable bonds is 6. The van der Waals surface area contributed by atoms with E-state index in [4.69, 9.17) is 0 Å². The Bertz CT molecular complexity index is 454. The van der Waals surface area contributed by atoms with E-state index in [1.54, 1.807) is 0 Å². The molecule has 0 radical (unpaired) electrons. The summed E-state index contributed by atoms with van der Waals surface area (Å²) in [6.45, 7) is 2.08. The number of hydrogen-bond acceptors (Lipinski definition) is 3. The molecule has 0 bridgehead atoms. The molecule has 1 aromatic carbocycles. The van der Waals surface area contributed by atoms with E-state index in [0.29, 0.717) is 6.42 Å². The molecule has 1 N–H and O–H groups in total. The Morgan fingerprint density at radius 1 is 1.29 bits per heavy atom. The maximum Gasteiger partial charge on any atom is 0.147 e. The lowest BCUT2D eigenvalue weighted by atomic mass is 9.98. The number of nitrogens with one attached hydrogen (secondary N) is 1. The number of aryl methyl sites for hydroxylation is 1. The lowest BCUT2D eigenvalue weighted by Crippen LogP contribution is -2.18. The van der Waals surface area contributed by atoms with Crippen molar-refractivity contribution in [2.24, 2.45) is 0 Å². The Kier molecular flexibility index (Phi) is 5.15. The van der Waals surface area contributed by atoms with Crippen LogP contribution in [0.4, 0.5) is 0 Å². The predicted molar refractivity (Wildman–Crippen MR) is 71.9 cm³/mol. The van der Waals surface area contributed by atoms with Gasteiger partial charge in [0.05, 0.1) is 0 Å². The molecular weight excluding hydrogens is 234 g/mol. The monoisotopic (exact) mass is 255 g/mol. The maximum atomic E-state index is 11.1. The number of hydrogen-bond donors (Lipinski definition) is 1. The highest BCUT2D eigenvalue weighted by Crippen LogP contribution is 2.21. The van der Waals surface area contributed by atoms with E-state index in [0.717, 1.165) is 6.42 Å². The SMILES string of the molecule is CNC(CCCS(C)(=O)=O)c1ccccc1C. The Labute approximate surface area is 104 Å². The zero-order valence-corrected chi connectivity index (χ0v) is 11.5. The molecule has 0 spiro atoms. The van der Waals surface area contributed by atoms with Crippen LogP contribution in [0.15, 0.2) is 24.3 Å². The molecule has 0 saturated heterocycles. The molecule has 1 atom stereocenters. The van der Waals surface area contributed by atoms with Gasteiger partial charge in [0.25, 0.3) is 0 Å². The van der Waals surface area contributed by atoms with Crippen molar-refractivity contribution in [1.29, 1.82) is 0 Å². The van der Waals surface area contributed by atoms with Crippen LogP contribution in [0.1, 0.15) is 30.0 Å². The van der Waals surface area contributed by atoms with Gasteiger partial charge in [-0.05, 0) is 37.9 Å². The zero-order chi connectivity index (χ0) is 12.9. The summed E-state index contributed by atoms with van der Waals surface area (Å²) in [5.74, 6) is 0.261. The lowest BCUT2D eigenvalue weighted by Gasteiger charge is -2.18. The van der Waals surface area contributed by atoms with Crippen LogP contribution < -0.4 is 5.32 Å². The van der Waals surface area contributed by atoms with Gasteiger partial charge in [-0.15, -0.1) is 0 Å². The first-order valence-electron chi connectivity index (χ1n) is 5.84. The van der Waals surface area contributed by atoms with Crippen LogP contribution in [-0.4, -0.2) is 27.5 Å². The van der Waals surface area contributed by atoms with Crippen molar-refractivity contribution in [3.8, 4) is 0 Å². The molecule has 0 fully saturated rings. The second kappa shape index (κ2) is 6.17. The van der Waals surface area contributed by atoms with E-state index < -0.39 is 9.84 Å². The highest BCUT2D eigenvalue weighted by Gasteiger charge is 2.12. The van der Waals surface area contributed by atoms with Gasteiger partial charge in [0, 0.05) is 18.1 Å². The molecule has 3 nitrogen and oxygen atoms in total. The minimum absolute atomic E-state index is 0.234. The second-order valence-corrected chi connectivity index (χ2v) is 6.73. The molecule has 1 unspecified atom stereocenters. The first-order valence-corrected chi connectivity index (χ1v) is 7.90. The second-order valence-electron chi connectivity index (χ2n) is 4.47. The van der Waals surface area contributed by atoms with Crippen molar-refractivity contribution in [2.75, 3.05) is 19.1 Å². The lowest BCUT2D eigenvalue weighted by molar-refractivity contribution is 0.534. The summed E-state index contributed by atoms with van der Waals surface area (Å²) in [5, 5.41) is 3.25. The van der Waals surface area contributed by atoms with Crippen molar-refractivity contribution in [2.45, 2.75) is 25.8 Å². The minimum atomic E-state index is -2.85. The van der Waals surface area contributed by atoms with Gasteiger partial charge >= 0.3 is 0 Å². The molecule has 96 valence electrons. The van der Waals surface area contributed by atoms with Gasteiger partial charge < -0.3 is 5.32 Å². The number of sulfone groups is 1. The molecule has 1 aromatic rings. The van der Waals surface area contributed by atoms with E-state index in [1.165, 1.54) is 17.4 Å². The van der Waals surface area contributed by atoms with Crippen LogP contribution >= 0.6 is 0 Å². The van der Waals surface area contributed by atoms with Crippen molar-refractivity contribution in [3.05, 3.63) is 35.4 Å². The fourth-order valence-electron chi connectivity index (χ4n) is 1.98. The van der Waals surface area contributed by atoms with Crippen molar-refractivity contribution in [1.82, 2.24) is 5.32 Å². The van der Waals surface area contributed by atoms with Gasteiger partial charge in [-0.2, -0.15) is 0 Å². The van der Waals surface area contributed by atoms with Gasteiger partial charge in [0.1, 0.15) is 9.84 Å². The quantitative estimate of drug-likeness (QED) is 0.846. The highest BCUT2D eigenvalue weighted by molar-refractivity contribution is 7.90. The average Bonchev–Trinajstić information content (AvgIpc) is 2.24. The average molecular weight is 255 g/mol. The fraction of sp³-hybridized carbons (Fsp3) is 0.538. The van der Waals surface area contributed by atoms with E-state index in [-0.39, 0.29) is 11.8 Å². The smallest absolute Gasteiger partial charge is 0.147 e. The zero-order valence-electron chi connectivity index (χ0n) is 10.7. The largest absolute Gasteiger partial charge is 0.313 e. The van der Waals surface area contributed by atoms with Crippen LogP contribution in [-0.2, 0) is 9.84 Å². The third-order valence-electron chi connectivity index (χ3n) is 2.92. The Morgan fingerprint density at radius 3 is 2.47 bits per heavy atom. The molecular formula is C13H21NO2S. The van der Waals surface area contributed by atoms with Crippen LogP contribution in [0, 0.1) is 6.92 Å². The first-order chi connectivity index (χ1) is 7.94. The predicted octanol–water partition coefficient (Wildman–Crippen LogP) is 2.08. The maximum absolute atomic E-state index is 11.1. The van der Waals surface area contributed by atoms with Gasteiger partial charge in [0.2, 0.25) is 0 Å². The van der Waals surface area contributed by atoms with Crippen molar-refractivity contribution in [3.63, 3.8) is 0 Å². The van der Waals surface area contributed by atoms with Gasteiger partial charge in [0.15, 0.2) is 0 Å². The van der Waals surface area contributed by atoms with Crippen LogP contribution in [0.2, 0.25) is 0 Å². The Hall–Kier alpha value is -0.870. The molecule has 4 heteroatoms. The summed E-state index contributed by atoms with van der Waals surface area (Å²) in [4.78, 5) is 0. The van der Waals surface area contributed by atoms with E-state index in [9.17, 15) is 8.42 Å². The molecule has 0 aliphatic rings. The summed E-state index contributed by atoms with van der Waals surface area (Å²) in [5.41, 5.74) is 2.50. The van der Waals surface area contributed by atoms with Crippen molar-refractivity contribution >= 4 is 9.84 Å². The normalized spacial score (nSPS) is 13.6. The molecule has 17 heavy (non-hydrogen) atoms. The fourth-order valence-corrected chi connectivity index (χ4v) is 2.67. The summed E-state index contributed by atoms with van der Waals surface area (Å²) in [6.07, 6.45) is 2.82. The first kappa shape index (κ1) is 14.2. The van der Waals surface area contributed by atoms with E-state index in [2.05, 4.69) is 24.4 Å². The van der Waals surface area contributed by atoms with E-state index in [1.807, 2.05) is 19.2 Å². The van der Waals surface area contributed by atoms with Gasteiger partial charge in [-0.3, -0.25) is 0 Å². The van der Waals surface area contributed by atoms with Crippen molar-refractivity contribution < 1.29 is 8.42 Å². The standard InChI is InChI=1S/C13H21NO2S/c1-11-7-4-5-8-12(11)13(14-2)9-6-10-17(3,15)16/h4-5,7-8,13-14H,6,9-10H2,1-3H3. The summed E-state index contributed by atoms with van der Waals surface area (Å²) in [7, 11) is -0.934. The van der Waals surface area contributed by atoms with Gasteiger partial charge in [-0.1, -0.05) is 24.3 Å². The third-order valence-corrected chi connectivity index (χ3v) is 3.95. The molecule has 0 saturated carbocycles. The van der Waals surface area contributed by atoms with Crippen LogP contribution in [0.3, 0.4) is 0 Å². The Balaban J connectivity index is 2.64. The molecule has 0 heterocycles. The molecule has 1 rings (SSSR count). The topological polar surface area (TPSA) is 46.2 Å². The molecule has 0 amide bonds. The molecule has 0 aliphatic heterocycles. The summed E-state index contributed by atoms with van der Waals surface area (Å²) in [6, 6.07) is 8.44. The van der Waals surface area contributed by atoms with Crippen LogP contribution in [0.25, 0.3) is 0 Å². The van der Waals surface area contributed by atoms with E-state index >= 15 is 0 Å². The Morgan fingerprint density at radius 2 is 1.94 bits per heavy atom. The van der Waals surface area contributed by atoms with Crippen LogP contribution in [0.5, 0.6) is 0 Å². The summed E-state index contributed by atoms with van der Waals surface area (Å²) >= 11 is 0. The minimum Gasteiger partial charge on any atom is -0.313 e. The third kappa shape index (κ3) is 4.88. The van der Waals surface area contributed by atoms with Gasteiger partial charge in [-0.25, -0.2) is 8.42 Å².